The lowest BCUT2D eigenvalue weighted by Crippen LogP contribution is -2.68. The number of nitrogens with zero attached hydrogens (tertiary/aromatic N) is 2. The molecule has 3 saturated heterocycles. The largest absolute Gasteiger partial charge is 0.497 e. The van der Waals surface area contributed by atoms with Gasteiger partial charge < -0.3 is 14.3 Å². The number of quaternary nitrogens is 1. The number of hydrogen-bond donors (Lipinski definition) is 1. The molecule has 0 radical (unpaired) electrons. The Labute approximate surface area is 155 Å². The first-order valence-corrected chi connectivity index (χ1v) is 9.71. The van der Waals surface area contributed by atoms with E-state index in [0.29, 0.717) is 11.8 Å². The number of methoxy groups -OCH3 is 1. The lowest BCUT2D eigenvalue weighted by Gasteiger charge is -2.57. The number of fused-ring (bicyclic) bond motifs is 4. The molecule has 26 heavy (non-hydrogen) atoms. The zero-order valence-electron chi connectivity index (χ0n) is 15.8. The van der Waals surface area contributed by atoms with Crippen LogP contribution in [-0.2, 0) is 0 Å². The molecule has 3 aliphatic rings. The van der Waals surface area contributed by atoms with Gasteiger partial charge in [0.1, 0.15) is 17.9 Å². The average Bonchev–Trinajstić information content (AvgIpc) is 2.72. The Hall–Kier alpha value is -1.91. The van der Waals surface area contributed by atoms with Crippen LogP contribution in [0.25, 0.3) is 10.9 Å². The highest BCUT2D eigenvalue weighted by Crippen LogP contribution is 2.46. The molecule has 1 N–H and O–H groups in total. The predicted octanol–water partition coefficient (Wildman–Crippen LogP) is 3.71. The van der Waals surface area contributed by atoms with Crippen LogP contribution >= 0.6 is 0 Å². The number of piperidine rings is 3. The smallest absolute Gasteiger partial charge is 0.131 e. The number of rotatable bonds is 5. The molecule has 3 fully saturated rings. The SMILES string of the molecule is C=C[C@H]1C[N+]2(CC)CC[C@H]1C[C@H]2[C@H](O)c1ccnc2ccc(OC)cc12. The van der Waals surface area contributed by atoms with Crippen LogP contribution < -0.4 is 4.74 Å². The van der Waals surface area contributed by atoms with Gasteiger partial charge in [0.2, 0.25) is 0 Å². The fraction of sp³-hybridized carbons (Fsp3) is 0.500. The number of aliphatic hydroxyl groups is 1. The number of ether oxygens (including phenoxy) is 1. The normalized spacial score (nSPS) is 31.7. The van der Waals surface area contributed by atoms with E-state index in [1.165, 1.54) is 13.0 Å². The van der Waals surface area contributed by atoms with E-state index in [1.54, 1.807) is 7.11 Å². The zero-order chi connectivity index (χ0) is 18.3. The first-order valence-electron chi connectivity index (χ1n) is 9.71. The lowest BCUT2D eigenvalue weighted by atomic mass is 9.71. The Kier molecular flexibility index (Phi) is 4.49. The fourth-order valence-electron chi connectivity index (χ4n) is 5.38. The van der Waals surface area contributed by atoms with Crippen LogP contribution in [0.15, 0.2) is 43.1 Å². The third-order valence-electron chi connectivity index (χ3n) is 6.97. The summed E-state index contributed by atoms with van der Waals surface area (Å²) in [7, 11) is 1.67. The third-order valence-corrected chi connectivity index (χ3v) is 6.97. The number of benzene rings is 1. The highest BCUT2D eigenvalue weighted by Gasteiger charge is 2.53. The molecule has 138 valence electrons. The van der Waals surface area contributed by atoms with Crippen LogP contribution in [0.3, 0.4) is 0 Å². The quantitative estimate of drug-likeness (QED) is 0.658. The molecule has 2 bridgehead atoms. The van der Waals surface area contributed by atoms with E-state index in [2.05, 4.69) is 24.6 Å². The summed E-state index contributed by atoms with van der Waals surface area (Å²) in [6.45, 7) is 9.66. The summed E-state index contributed by atoms with van der Waals surface area (Å²) in [6, 6.07) is 8.11. The van der Waals surface area contributed by atoms with E-state index < -0.39 is 6.10 Å². The van der Waals surface area contributed by atoms with Crippen molar-refractivity contribution in [2.75, 3.05) is 26.7 Å². The van der Waals surface area contributed by atoms with E-state index in [9.17, 15) is 5.11 Å². The maximum absolute atomic E-state index is 11.5. The van der Waals surface area contributed by atoms with Crippen molar-refractivity contribution in [1.29, 1.82) is 0 Å². The third kappa shape index (κ3) is 2.63. The summed E-state index contributed by atoms with van der Waals surface area (Å²) in [6.07, 6.45) is 5.79. The molecule has 1 aromatic heterocycles. The minimum absolute atomic E-state index is 0.242. The standard InChI is InChI=1S/C22H29N2O2/c1-4-15-14-24(5-2)11-9-16(15)12-21(24)22(25)18-8-10-23-20-7-6-17(26-3)13-19(18)20/h4,6-8,10,13,15-16,21-22,25H,1,5,9,11-12,14H2,2-3H3/q+1/t15-,16-,21-,22+,24?/m0/s1. The molecule has 0 spiro atoms. The number of pyridine rings is 1. The highest BCUT2D eigenvalue weighted by atomic mass is 16.5. The Bertz CT molecular complexity index is 821. The van der Waals surface area contributed by atoms with Crippen LogP contribution in [0.1, 0.15) is 31.4 Å². The minimum Gasteiger partial charge on any atom is -0.497 e. The second kappa shape index (κ2) is 6.67. The molecule has 3 aliphatic heterocycles. The van der Waals surface area contributed by atoms with Crippen LogP contribution in [0.4, 0.5) is 0 Å². The van der Waals surface area contributed by atoms with Crippen molar-refractivity contribution >= 4 is 10.9 Å². The van der Waals surface area contributed by atoms with E-state index >= 15 is 0 Å². The minimum atomic E-state index is -0.485. The molecule has 4 nitrogen and oxygen atoms in total. The molecule has 0 aliphatic carbocycles. The molecule has 1 aromatic carbocycles. The van der Waals surface area contributed by atoms with E-state index in [4.69, 9.17) is 4.74 Å². The second-order valence-corrected chi connectivity index (χ2v) is 7.92. The Morgan fingerprint density at radius 2 is 2.27 bits per heavy atom. The Balaban J connectivity index is 1.75. The van der Waals surface area contributed by atoms with Gasteiger partial charge in [0, 0.05) is 30.3 Å². The maximum Gasteiger partial charge on any atom is 0.131 e. The summed E-state index contributed by atoms with van der Waals surface area (Å²) in [5, 5.41) is 12.5. The van der Waals surface area contributed by atoms with E-state index in [0.717, 1.165) is 46.2 Å². The monoisotopic (exact) mass is 353 g/mol. The van der Waals surface area contributed by atoms with Gasteiger partial charge in [-0.15, -0.1) is 6.58 Å². The summed E-state index contributed by atoms with van der Waals surface area (Å²) in [5.41, 5.74) is 1.89. The lowest BCUT2D eigenvalue weighted by molar-refractivity contribution is -0.971. The highest BCUT2D eigenvalue weighted by molar-refractivity contribution is 5.83. The van der Waals surface area contributed by atoms with Gasteiger partial charge in [-0.25, -0.2) is 0 Å². The summed E-state index contributed by atoms with van der Waals surface area (Å²) >= 11 is 0. The molecule has 5 rings (SSSR count). The average molecular weight is 353 g/mol. The van der Waals surface area contributed by atoms with Crippen molar-refractivity contribution in [1.82, 2.24) is 4.98 Å². The van der Waals surface area contributed by atoms with Gasteiger partial charge in [0.25, 0.3) is 0 Å². The van der Waals surface area contributed by atoms with Gasteiger partial charge in [-0.1, -0.05) is 6.08 Å². The first-order chi connectivity index (χ1) is 12.6. The second-order valence-electron chi connectivity index (χ2n) is 7.92. The van der Waals surface area contributed by atoms with Crippen LogP contribution in [0.2, 0.25) is 0 Å². The number of aliphatic hydroxyl groups excluding tert-OH is 1. The summed E-state index contributed by atoms with van der Waals surface area (Å²) < 4.78 is 6.40. The van der Waals surface area contributed by atoms with Gasteiger partial charge in [0.05, 0.1) is 32.3 Å². The molecule has 0 amide bonds. The summed E-state index contributed by atoms with van der Waals surface area (Å²) in [4.78, 5) is 4.47. The van der Waals surface area contributed by atoms with Gasteiger partial charge in [-0.05, 0) is 42.7 Å². The Morgan fingerprint density at radius 3 is 3.00 bits per heavy atom. The zero-order valence-corrected chi connectivity index (χ0v) is 15.8. The first kappa shape index (κ1) is 17.5. The maximum atomic E-state index is 11.5. The van der Waals surface area contributed by atoms with Gasteiger partial charge in [0.15, 0.2) is 0 Å². The van der Waals surface area contributed by atoms with Crippen molar-refractivity contribution in [3.05, 3.63) is 48.7 Å². The van der Waals surface area contributed by atoms with Crippen molar-refractivity contribution in [2.45, 2.75) is 31.9 Å². The topological polar surface area (TPSA) is 42.4 Å². The van der Waals surface area contributed by atoms with Gasteiger partial charge >= 0.3 is 0 Å². The molecular formula is C22H29N2O2+. The van der Waals surface area contributed by atoms with Crippen LogP contribution in [0.5, 0.6) is 5.75 Å². The number of likely N-dealkylation sites (N-methyl/N-ethyl adjacent to an activating group) is 1. The fourth-order valence-corrected chi connectivity index (χ4v) is 5.38. The van der Waals surface area contributed by atoms with E-state index in [-0.39, 0.29) is 6.04 Å². The molecule has 4 heteroatoms. The van der Waals surface area contributed by atoms with Crippen molar-refractivity contribution in [3.8, 4) is 5.75 Å². The Morgan fingerprint density at radius 1 is 1.42 bits per heavy atom. The molecule has 0 saturated carbocycles. The predicted molar refractivity (Wildman–Crippen MR) is 104 cm³/mol. The van der Waals surface area contributed by atoms with Crippen molar-refractivity contribution < 1.29 is 14.3 Å². The number of hydrogen-bond acceptors (Lipinski definition) is 3. The van der Waals surface area contributed by atoms with Crippen molar-refractivity contribution in [3.63, 3.8) is 0 Å². The molecule has 4 heterocycles. The summed E-state index contributed by atoms with van der Waals surface area (Å²) in [5.74, 6) is 2.04. The molecule has 5 atom stereocenters. The van der Waals surface area contributed by atoms with E-state index in [1.807, 2.05) is 30.5 Å². The molecule has 1 unspecified atom stereocenters. The van der Waals surface area contributed by atoms with Gasteiger partial charge in [-0.3, -0.25) is 4.98 Å². The number of aromatic nitrogens is 1. The molecular weight excluding hydrogens is 324 g/mol. The van der Waals surface area contributed by atoms with Crippen LogP contribution in [-0.4, -0.2) is 47.4 Å². The molecule has 2 aromatic rings. The van der Waals surface area contributed by atoms with Crippen LogP contribution in [0, 0.1) is 11.8 Å². The van der Waals surface area contributed by atoms with Crippen molar-refractivity contribution in [2.24, 2.45) is 11.8 Å². The van der Waals surface area contributed by atoms with Gasteiger partial charge in [-0.2, -0.15) is 0 Å².